The van der Waals surface area contributed by atoms with Gasteiger partial charge in [0.25, 0.3) is 0 Å². The van der Waals surface area contributed by atoms with Crippen LogP contribution in [0.2, 0.25) is 0 Å². The van der Waals surface area contributed by atoms with Crippen LogP contribution in [0.25, 0.3) is 10.9 Å². The van der Waals surface area contributed by atoms with Crippen LogP contribution in [0.3, 0.4) is 0 Å². The van der Waals surface area contributed by atoms with Gasteiger partial charge in [-0.05, 0) is 61.9 Å². The van der Waals surface area contributed by atoms with Gasteiger partial charge >= 0.3 is 0 Å². The van der Waals surface area contributed by atoms with Crippen molar-refractivity contribution in [3.63, 3.8) is 0 Å². The van der Waals surface area contributed by atoms with E-state index in [4.69, 9.17) is 4.74 Å². The first kappa shape index (κ1) is 15.5. The van der Waals surface area contributed by atoms with E-state index < -0.39 is 6.10 Å². The summed E-state index contributed by atoms with van der Waals surface area (Å²) in [5, 5.41) is 12.1. The number of aliphatic imine (C=N–C) groups is 1. The molecule has 1 N–H and O–H groups in total. The number of hydrogen-bond donors (Lipinski definition) is 1. The first-order chi connectivity index (χ1) is 11.7. The minimum absolute atomic E-state index is 0.138. The summed E-state index contributed by atoms with van der Waals surface area (Å²) in [5.41, 5.74) is 1.81. The number of rotatable bonds is 4. The Hall–Kier alpha value is -1.98. The summed E-state index contributed by atoms with van der Waals surface area (Å²) in [7, 11) is 1.65. The number of methoxy groups -OCH3 is 1. The van der Waals surface area contributed by atoms with E-state index in [9.17, 15) is 5.11 Å². The Morgan fingerprint density at radius 3 is 3.00 bits per heavy atom. The fraction of sp³-hybridized carbons (Fsp3) is 0.474. The molecule has 0 spiro atoms. The predicted molar refractivity (Wildman–Crippen MR) is 94.7 cm³/mol. The van der Waals surface area contributed by atoms with Crippen LogP contribution in [0.4, 0.5) is 0 Å². The van der Waals surface area contributed by atoms with Gasteiger partial charge in [0.1, 0.15) is 5.75 Å². The number of aliphatic hydroxyl groups is 1. The number of ether oxygens (including phenoxy) is 1. The molecule has 3 saturated heterocycles. The molecule has 5 heteroatoms. The van der Waals surface area contributed by atoms with Crippen molar-refractivity contribution < 1.29 is 9.84 Å². The van der Waals surface area contributed by atoms with Crippen LogP contribution in [-0.4, -0.2) is 54.0 Å². The van der Waals surface area contributed by atoms with Gasteiger partial charge in [0.15, 0.2) is 0 Å². The van der Waals surface area contributed by atoms with E-state index in [0.717, 1.165) is 48.1 Å². The number of fused-ring (bicyclic) bond motifs is 4. The summed E-state index contributed by atoms with van der Waals surface area (Å²) in [6, 6.07) is 8.19. The predicted octanol–water partition coefficient (Wildman–Crippen LogP) is 2.44. The smallest absolute Gasteiger partial charge is 0.119 e. The molecule has 126 valence electrons. The molecule has 2 aromatic rings. The molecule has 1 aromatic carbocycles. The maximum atomic E-state index is 11.1. The summed E-state index contributed by atoms with van der Waals surface area (Å²) < 4.78 is 5.34. The van der Waals surface area contributed by atoms with E-state index in [1.54, 1.807) is 13.3 Å². The highest BCUT2D eigenvalue weighted by Crippen LogP contribution is 2.40. The van der Waals surface area contributed by atoms with Gasteiger partial charge in [-0.1, -0.05) is 0 Å². The maximum absolute atomic E-state index is 11.1. The molecule has 3 aliphatic heterocycles. The first-order valence-corrected chi connectivity index (χ1v) is 8.52. The lowest BCUT2D eigenvalue weighted by atomic mass is 9.77. The normalized spacial score (nSPS) is 30.2. The molecular weight excluding hydrogens is 302 g/mol. The summed E-state index contributed by atoms with van der Waals surface area (Å²) in [5.74, 6) is 1.32. The van der Waals surface area contributed by atoms with Crippen molar-refractivity contribution in [2.45, 2.75) is 31.0 Å². The Bertz CT molecular complexity index is 763. The van der Waals surface area contributed by atoms with Crippen molar-refractivity contribution in [1.82, 2.24) is 9.88 Å². The van der Waals surface area contributed by atoms with Crippen LogP contribution in [0.5, 0.6) is 5.75 Å². The molecule has 3 fully saturated rings. The van der Waals surface area contributed by atoms with Gasteiger partial charge in [0, 0.05) is 24.2 Å². The molecule has 0 amide bonds. The second-order valence-electron chi connectivity index (χ2n) is 6.82. The zero-order valence-electron chi connectivity index (χ0n) is 13.9. The number of aliphatic hydroxyl groups excluding tert-OH is 1. The summed E-state index contributed by atoms with van der Waals surface area (Å²) >= 11 is 0. The highest BCUT2D eigenvalue weighted by Gasteiger charge is 2.43. The Morgan fingerprint density at radius 2 is 2.29 bits per heavy atom. The Labute approximate surface area is 142 Å². The highest BCUT2D eigenvalue weighted by atomic mass is 16.5. The van der Waals surface area contributed by atoms with Gasteiger partial charge in [-0.15, -0.1) is 0 Å². The topological polar surface area (TPSA) is 58.0 Å². The fourth-order valence-electron chi connectivity index (χ4n) is 4.31. The largest absolute Gasteiger partial charge is 0.497 e. The van der Waals surface area contributed by atoms with Gasteiger partial charge < -0.3 is 9.84 Å². The van der Waals surface area contributed by atoms with Gasteiger partial charge in [-0.3, -0.25) is 14.9 Å². The molecule has 5 atom stereocenters. The number of pyridine rings is 1. The van der Waals surface area contributed by atoms with E-state index in [-0.39, 0.29) is 6.04 Å². The molecular formula is C19H23N3O2. The van der Waals surface area contributed by atoms with Gasteiger partial charge in [0.2, 0.25) is 0 Å². The van der Waals surface area contributed by atoms with Gasteiger partial charge in [-0.2, -0.15) is 0 Å². The van der Waals surface area contributed by atoms with Crippen LogP contribution < -0.4 is 4.74 Å². The van der Waals surface area contributed by atoms with E-state index in [0.29, 0.717) is 12.0 Å². The Kier molecular flexibility index (Phi) is 3.98. The van der Waals surface area contributed by atoms with Crippen LogP contribution >= 0.6 is 0 Å². The van der Waals surface area contributed by atoms with Crippen molar-refractivity contribution in [2.75, 3.05) is 20.2 Å². The minimum Gasteiger partial charge on any atom is -0.497 e. The van der Waals surface area contributed by atoms with Crippen LogP contribution in [0, 0.1) is 5.92 Å². The van der Waals surface area contributed by atoms with Crippen LogP contribution in [0.1, 0.15) is 24.5 Å². The van der Waals surface area contributed by atoms with Crippen molar-refractivity contribution >= 4 is 17.6 Å². The van der Waals surface area contributed by atoms with Gasteiger partial charge in [0.05, 0.1) is 24.8 Å². The number of nitrogens with zero attached hydrogens (tertiary/aromatic N) is 3. The molecule has 0 radical (unpaired) electrons. The molecule has 1 aromatic heterocycles. The average molecular weight is 325 g/mol. The third-order valence-corrected chi connectivity index (χ3v) is 5.67. The lowest BCUT2D eigenvalue weighted by Gasteiger charge is -2.50. The molecule has 24 heavy (non-hydrogen) atoms. The maximum Gasteiger partial charge on any atom is 0.119 e. The van der Waals surface area contributed by atoms with E-state index in [2.05, 4.69) is 21.6 Å². The summed E-state index contributed by atoms with van der Waals surface area (Å²) in [6.07, 6.45) is 3.37. The monoisotopic (exact) mass is 325 g/mol. The zero-order valence-corrected chi connectivity index (χ0v) is 13.9. The number of piperidine rings is 3. The number of benzene rings is 1. The lowest BCUT2D eigenvalue weighted by molar-refractivity contribution is -0.0350. The highest BCUT2D eigenvalue weighted by molar-refractivity contribution is 5.83. The summed E-state index contributed by atoms with van der Waals surface area (Å²) in [4.78, 5) is 11.1. The lowest BCUT2D eigenvalue weighted by Crippen LogP contribution is -2.56. The van der Waals surface area contributed by atoms with Crippen LogP contribution in [0.15, 0.2) is 35.5 Å². The van der Waals surface area contributed by atoms with Crippen molar-refractivity contribution in [3.05, 3.63) is 36.0 Å². The Balaban J connectivity index is 1.69. The van der Waals surface area contributed by atoms with E-state index in [1.807, 2.05) is 24.3 Å². The van der Waals surface area contributed by atoms with E-state index >= 15 is 0 Å². The molecule has 0 aliphatic carbocycles. The second kappa shape index (κ2) is 6.15. The molecule has 5 rings (SSSR count). The molecule has 0 saturated carbocycles. The number of hydrogen-bond acceptors (Lipinski definition) is 5. The third kappa shape index (κ3) is 2.48. The molecule has 1 unspecified atom stereocenters. The molecule has 5 nitrogen and oxygen atoms in total. The van der Waals surface area contributed by atoms with Gasteiger partial charge in [-0.25, -0.2) is 0 Å². The zero-order chi connectivity index (χ0) is 16.7. The van der Waals surface area contributed by atoms with E-state index in [1.165, 1.54) is 0 Å². The van der Waals surface area contributed by atoms with Crippen molar-refractivity contribution in [2.24, 2.45) is 10.9 Å². The first-order valence-electron chi connectivity index (χ1n) is 8.52. The molecule has 4 heterocycles. The average Bonchev–Trinajstić information content (AvgIpc) is 2.66. The van der Waals surface area contributed by atoms with Crippen molar-refractivity contribution in [3.8, 4) is 5.75 Å². The fourth-order valence-corrected chi connectivity index (χ4v) is 4.31. The standard InChI is InChI=1S/C19H23N3O2/c1-20-17-11-22-8-6-12(17)9-18(22)19(23)14-5-7-21-16-4-3-13(24-2)10-15(14)16/h3-5,7,10,12,17-19,23H,1,6,8-9,11H2,2H3/t12-,17-,18-,19+/m0/s1. The van der Waals surface area contributed by atoms with Crippen LogP contribution in [-0.2, 0) is 0 Å². The number of aromatic nitrogens is 1. The second-order valence-corrected chi connectivity index (χ2v) is 6.82. The van der Waals surface area contributed by atoms with Crippen molar-refractivity contribution in [1.29, 1.82) is 0 Å². The Morgan fingerprint density at radius 1 is 1.42 bits per heavy atom. The minimum atomic E-state index is -0.531. The molecule has 3 aliphatic rings. The SMILES string of the molecule is C=N[C@H]1CN2CC[C@H]1C[C@H]2[C@H](O)c1ccnc2ccc(OC)cc12. The third-order valence-electron chi connectivity index (χ3n) is 5.67. The molecule has 2 bridgehead atoms. The quantitative estimate of drug-likeness (QED) is 0.877. The summed E-state index contributed by atoms with van der Waals surface area (Å²) in [6.45, 7) is 5.67.